The lowest BCUT2D eigenvalue weighted by Gasteiger charge is -2.06. The predicted molar refractivity (Wildman–Crippen MR) is 31.9 cm³/mol. The number of carboxylic acids is 1. The average molecular weight is 133 g/mol. The highest BCUT2D eigenvalue weighted by molar-refractivity contribution is 5.67. The van der Waals surface area contributed by atoms with Crippen LogP contribution in [0.3, 0.4) is 0 Å². The highest BCUT2D eigenvalue weighted by atomic mass is 16.5. The predicted octanol–water partition coefficient (Wildman–Crippen LogP) is -0.218. The van der Waals surface area contributed by atoms with E-state index < -0.39 is 12.2 Å². The summed E-state index contributed by atoms with van der Waals surface area (Å²) in [5.74, 6) is -0.934. The van der Waals surface area contributed by atoms with E-state index in [-0.39, 0.29) is 6.42 Å². The van der Waals surface area contributed by atoms with Crippen molar-refractivity contribution < 1.29 is 14.6 Å². The molecule has 1 atom stereocenters. The SMILES string of the molecule is CCOC(N)CC(=O)O. The van der Waals surface area contributed by atoms with E-state index in [1.807, 2.05) is 0 Å². The van der Waals surface area contributed by atoms with Gasteiger partial charge in [0.1, 0.15) is 6.23 Å². The molecule has 0 amide bonds. The van der Waals surface area contributed by atoms with Crippen LogP contribution in [-0.2, 0) is 9.53 Å². The number of ether oxygens (including phenoxy) is 1. The molecule has 0 bridgehead atoms. The molecule has 0 aromatic rings. The fraction of sp³-hybridized carbons (Fsp3) is 0.800. The Morgan fingerprint density at radius 3 is 2.78 bits per heavy atom. The number of hydrogen-bond donors (Lipinski definition) is 2. The Morgan fingerprint density at radius 1 is 1.89 bits per heavy atom. The van der Waals surface area contributed by atoms with E-state index in [1.165, 1.54) is 0 Å². The van der Waals surface area contributed by atoms with Gasteiger partial charge in [0, 0.05) is 6.61 Å². The van der Waals surface area contributed by atoms with Gasteiger partial charge in [-0.3, -0.25) is 4.79 Å². The maximum Gasteiger partial charge on any atom is 0.307 e. The van der Waals surface area contributed by atoms with Crippen molar-refractivity contribution >= 4 is 5.97 Å². The van der Waals surface area contributed by atoms with Gasteiger partial charge in [0.15, 0.2) is 0 Å². The second-order valence-corrected chi connectivity index (χ2v) is 1.59. The first-order chi connectivity index (χ1) is 4.16. The van der Waals surface area contributed by atoms with Gasteiger partial charge in [-0.2, -0.15) is 0 Å². The summed E-state index contributed by atoms with van der Waals surface area (Å²) in [5.41, 5.74) is 5.18. The molecule has 3 N–H and O–H groups in total. The Hall–Kier alpha value is -0.610. The molecule has 0 saturated carbocycles. The van der Waals surface area contributed by atoms with Crippen molar-refractivity contribution in [2.24, 2.45) is 5.73 Å². The Labute approximate surface area is 53.6 Å². The molecule has 9 heavy (non-hydrogen) atoms. The van der Waals surface area contributed by atoms with Crippen LogP contribution in [0.4, 0.5) is 0 Å². The van der Waals surface area contributed by atoms with E-state index in [0.717, 1.165) is 0 Å². The molecule has 54 valence electrons. The smallest absolute Gasteiger partial charge is 0.307 e. The molecular formula is C5H11NO3. The van der Waals surface area contributed by atoms with Gasteiger partial charge in [-0.1, -0.05) is 0 Å². The van der Waals surface area contributed by atoms with Gasteiger partial charge in [0.25, 0.3) is 0 Å². The van der Waals surface area contributed by atoms with Gasteiger partial charge >= 0.3 is 5.97 Å². The lowest BCUT2D eigenvalue weighted by molar-refractivity contribution is -0.140. The Kier molecular flexibility index (Phi) is 4.00. The van der Waals surface area contributed by atoms with E-state index >= 15 is 0 Å². The minimum Gasteiger partial charge on any atom is -0.481 e. The van der Waals surface area contributed by atoms with Crippen molar-refractivity contribution in [1.29, 1.82) is 0 Å². The number of carbonyl (C=O) groups is 1. The molecule has 0 radical (unpaired) electrons. The van der Waals surface area contributed by atoms with Crippen molar-refractivity contribution in [1.82, 2.24) is 0 Å². The van der Waals surface area contributed by atoms with Gasteiger partial charge in [-0.25, -0.2) is 0 Å². The van der Waals surface area contributed by atoms with Crippen LogP contribution in [0.15, 0.2) is 0 Å². The van der Waals surface area contributed by atoms with Crippen LogP contribution in [-0.4, -0.2) is 23.9 Å². The molecule has 1 unspecified atom stereocenters. The lowest BCUT2D eigenvalue weighted by atomic mass is 10.4. The molecule has 0 saturated heterocycles. The first kappa shape index (κ1) is 8.39. The second-order valence-electron chi connectivity index (χ2n) is 1.59. The van der Waals surface area contributed by atoms with Crippen LogP contribution in [0.25, 0.3) is 0 Å². The van der Waals surface area contributed by atoms with Crippen LogP contribution in [0.1, 0.15) is 13.3 Å². The molecule has 0 aliphatic carbocycles. The minimum absolute atomic E-state index is 0.131. The van der Waals surface area contributed by atoms with Gasteiger partial charge in [-0.15, -0.1) is 0 Å². The molecule has 0 aliphatic rings. The third-order valence-electron chi connectivity index (χ3n) is 0.757. The fourth-order valence-electron chi connectivity index (χ4n) is 0.445. The Morgan fingerprint density at radius 2 is 2.44 bits per heavy atom. The summed E-state index contributed by atoms with van der Waals surface area (Å²) in [6.07, 6.45) is -0.791. The average Bonchev–Trinajstić information content (AvgIpc) is 1.63. The van der Waals surface area contributed by atoms with Crippen molar-refractivity contribution in [3.63, 3.8) is 0 Å². The Bertz CT molecular complexity index is 94.2. The van der Waals surface area contributed by atoms with Crippen LogP contribution in [0.5, 0.6) is 0 Å². The topological polar surface area (TPSA) is 72.5 Å². The molecule has 0 heterocycles. The number of hydrogen-bond acceptors (Lipinski definition) is 3. The summed E-state index contributed by atoms with van der Waals surface area (Å²) in [7, 11) is 0. The molecule has 0 aliphatic heterocycles. The second kappa shape index (κ2) is 4.29. The van der Waals surface area contributed by atoms with Gasteiger partial charge in [0.05, 0.1) is 6.42 Å². The summed E-state index contributed by atoms with van der Waals surface area (Å²) < 4.78 is 4.75. The van der Waals surface area contributed by atoms with Crippen LogP contribution >= 0.6 is 0 Å². The number of carboxylic acid groups (broad SMARTS) is 1. The van der Waals surface area contributed by atoms with Crippen molar-refractivity contribution in [3.05, 3.63) is 0 Å². The van der Waals surface area contributed by atoms with Crippen LogP contribution in [0.2, 0.25) is 0 Å². The molecule has 0 aromatic carbocycles. The maximum absolute atomic E-state index is 9.92. The normalized spacial score (nSPS) is 13.1. The summed E-state index contributed by atoms with van der Waals surface area (Å²) in [6, 6.07) is 0. The van der Waals surface area contributed by atoms with Gasteiger partial charge in [-0.05, 0) is 6.92 Å². The number of rotatable bonds is 4. The summed E-state index contributed by atoms with van der Waals surface area (Å²) in [5, 5.41) is 8.15. The van der Waals surface area contributed by atoms with Crippen molar-refractivity contribution in [2.75, 3.05) is 6.61 Å². The molecule has 0 fully saturated rings. The van der Waals surface area contributed by atoms with E-state index in [1.54, 1.807) is 6.92 Å². The third-order valence-corrected chi connectivity index (χ3v) is 0.757. The van der Waals surface area contributed by atoms with Gasteiger partial charge in [0.2, 0.25) is 0 Å². The van der Waals surface area contributed by atoms with Gasteiger partial charge < -0.3 is 15.6 Å². The van der Waals surface area contributed by atoms with E-state index in [0.29, 0.717) is 6.61 Å². The van der Waals surface area contributed by atoms with Crippen molar-refractivity contribution in [3.8, 4) is 0 Å². The molecular weight excluding hydrogens is 122 g/mol. The summed E-state index contributed by atoms with van der Waals surface area (Å²) in [4.78, 5) is 9.92. The zero-order chi connectivity index (χ0) is 7.28. The first-order valence-electron chi connectivity index (χ1n) is 2.75. The number of nitrogens with two attached hydrogens (primary N) is 1. The Balaban J connectivity index is 3.26. The first-order valence-corrected chi connectivity index (χ1v) is 2.75. The molecule has 4 nitrogen and oxygen atoms in total. The van der Waals surface area contributed by atoms with Crippen molar-refractivity contribution in [2.45, 2.75) is 19.6 Å². The largest absolute Gasteiger partial charge is 0.481 e. The summed E-state index contributed by atoms with van der Waals surface area (Å²) in [6.45, 7) is 2.22. The maximum atomic E-state index is 9.92. The molecule has 0 aromatic heterocycles. The molecule has 0 rings (SSSR count). The standard InChI is InChI=1S/C5H11NO3/c1-2-9-4(6)3-5(7)8/h4H,2-3,6H2,1H3,(H,7,8). The quantitative estimate of drug-likeness (QED) is 0.520. The van der Waals surface area contributed by atoms with Crippen LogP contribution < -0.4 is 5.73 Å². The van der Waals surface area contributed by atoms with E-state index in [9.17, 15) is 4.79 Å². The lowest BCUT2D eigenvalue weighted by Crippen LogP contribution is -2.26. The highest BCUT2D eigenvalue weighted by Gasteiger charge is 2.05. The monoisotopic (exact) mass is 133 g/mol. The summed E-state index contributed by atoms with van der Waals surface area (Å²) >= 11 is 0. The van der Waals surface area contributed by atoms with E-state index in [2.05, 4.69) is 0 Å². The fourth-order valence-corrected chi connectivity index (χ4v) is 0.445. The zero-order valence-corrected chi connectivity index (χ0v) is 5.33. The third kappa shape index (κ3) is 5.26. The minimum atomic E-state index is -0.934. The highest BCUT2D eigenvalue weighted by Crippen LogP contribution is 1.88. The van der Waals surface area contributed by atoms with Crippen LogP contribution in [0, 0.1) is 0 Å². The van der Waals surface area contributed by atoms with E-state index in [4.69, 9.17) is 15.6 Å². The molecule has 0 spiro atoms. The molecule has 4 heteroatoms. The zero-order valence-electron chi connectivity index (χ0n) is 5.33. The number of aliphatic carboxylic acids is 1.